The Kier molecular flexibility index (Phi) is 6.21. The summed E-state index contributed by atoms with van der Waals surface area (Å²) < 4.78 is 32.5. The van der Waals surface area contributed by atoms with Gasteiger partial charge in [0.25, 0.3) is 10.2 Å². The number of methoxy groups -OCH3 is 1. The maximum atomic E-state index is 12.8. The van der Waals surface area contributed by atoms with E-state index in [1.165, 1.54) is 34.0 Å². The van der Waals surface area contributed by atoms with Gasteiger partial charge in [-0.1, -0.05) is 0 Å². The van der Waals surface area contributed by atoms with E-state index in [0.29, 0.717) is 23.8 Å². The Labute approximate surface area is 191 Å². The van der Waals surface area contributed by atoms with Gasteiger partial charge in [0, 0.05) is 50.6 Å². The molecule has 2 amide bonds. The monoisotopic (exact) mass is 479 g/mol. The third-order valence-electron chi connectivity index (χ3n) is 5.59. The van der Waals surface area contributed by atoms with Crippen LogP contribution in [0.3, 0.4) is 0 Å². The Morgan fingerprint density at radius 2 is 2.00 bits per heavy atom. The predicted octanol–water partition coefficient (Wildman–Crippen LogP) is 1.31. The zero-order valence-electron chi connectivity index (χ0n) is 18.1. The lowest BCUT2D eigenvalue weighted by molar-refractivity contribution is -0.122. The van der Waals surface area contributed by atoms with Crippen molar-refractivity contribution < 1.29 is 22.7 Å². The number of carbonyl (C=O) groups is 2. The number of hydrogen-bond donors (Lipinski definition) is 1. The number of thiazole rings is 1. The zero-order chi connectivity index (χ0) is 23.0. The molecule has 2 aromatic rings. The molecule has 3 heterocycles. The first kappa shape index (κ1) is 22.6. The fraction of sp³-hybridized carbons (Fsp3) is 0.450. The molecule has 10 nitrogen and oxygen atoms in total. The van der Waals surface area contributed by atoms with Gasteiger partial charge in [-0.2, -0.15) is 17.0 Å². The van der Waals surface area contributed by atoms with E-state index in [2.05, 4.69) is 10.3 Å². The Bertz CT molecular complexity index is 1130. The number of hydrogen-bond acceptors (Lipinski definition) is 7. The van der Waals surface area contributed by atoms with Crippen molar-refractivity contribution in [1.82, 2.24) is 13.6 Å². The summed E-state index contributed by atoms with van der Waals surface area (Å²) in [4.78, 5) is 32.2. The number of amides is 2. The molecule has 1 aromatic carbocycles. The smallest absolute Gasteiger partial charge is 0.281 e. The second-order valence-corrected chi connectivity index (χ2v) is 11.1. The number of nitrogens with zero attached hydrogens (tertiary/aromatic N) is 4. The molecule has 0 saturated carbocycles. The molecule has 1 aromatic heterocycles. The molecule has 1 unspecified atom stereocenters. The molecule has 1 fully saturated rings. The van der Waals surface area contributed by atoms with Crippen LogP contribution in [0.15, 0.2) is 24.3 Å². The standard InChI is InChI=1S/C20H25N5O5S2/c1-23(2)32(28,29)24-9-8-16-17(12-24)31-20(21-16)22-19(27)13-10-18(26)25(11-13)14-4-6-15(30-3)7-5-14/h4-7,13H,8-12H2,1-3H3,(H,21,22,27). The summed E-state index contributed by atoms with van der Waals surface area (Å²) in [6, 6.07) is 7.13. The summed E-state index contributed by atoms with van der Waals surface area (Å²) in [6.45, 7) is 0.867. The number of aromatic nitrogens is 1. The lowest BCUT2D eigenvalue weighted by Gasteiger charge is -2.27. The molecule has 2 aliphatic heterocycles. The number of fused-ring (bicyclic) bond motifs is 1. The SMILES string of the molecule is COc1ccc(N2CC(C(=O)Nc3nc4c(s3)CN(S(=O)(=O)N(C)C)CC4)CC2=O)cc1. The van der Waals surface area contributed by atoms with Crippen LogP contribution in [0.1, 0.15) is 17.0 Å². The first-order valence-corrected chi connectivity index (χ1v) is 12.3. The highest BCUT2D eigenvalue weighted by atomic mass is 32.2. The first-order valence-electron chi connectivity index (χ1n) is 10.1. The van der Waals surface area contributed by atoms with E-state index in [9.17, 15) is 18.0 Å². The van der Waals surface area contributed by atoms with E-state index in [0.717, 1.165) is 16.3 Å². The summed E-state index contributed by atoms with van der Waals surface area (Å²) in [6.07, 6.45) is 0.611. The summed E-state index contributed by atoms with van der Waals surface area (Å²) in [5.74, 6) is -0.174. The molecular weight excluding hydrogens is 454 g/mol. The molecule has 1 atom stereocenters. The topological polar surface area (TPSA) is 112 Å². The van der Waals surface area contributed by atoms with E-state index >= 15 is 0 Å². The number of carbonyl (C=O) groups excluding carboxylic acids is 2. The maximum absolute atomic E-state index is 12.8. The fourth-order valence-corrected chi connectivity index (χ4v) is 5.94. The van der Waals surface area contributed by atoms with Crippen LogP contribution >= 0.6 is 11.3 Å². The van der Waals surface area contributed by atoms with E-state index in [-0.39, 0.29) is 31.3 Å². The predicted molar refractivity (Wildman–Crippen MR) is 121 cm³/mol. The van der Waals surface area contributed by atoms with Crippen LogP contribution in [-0.2, 0) is 32.8 Å². The van der Waals surface area contributed by atoms with Crippen LogP contribution in [0.4, 0.5) is 10.8 Å². The van der Waals surface area contributed by atoms with Crippen LogP contribution in [0.5, 0.6) is 5.75 Å². The van der Waals surface area contributed by atoms with Gasteiger partial charge in [-0.15, -0.1) is 11.3 Å². The highest BCUT2D eigenvalue weighted by Crippen LogP contribution is 2.31. The average Bonchev–Trinajstić information content (AvgIpc) is 3.35. The summed E-state index contributed by atoms with van der Waals surface area (Å²) >= 11 is 1.28. The molecule has 4 rings (SSSR count). The van der Waals surface area contributed by atoms with Crippen LogP contribution < -0.4 is 15.0 Å². The van der Waals surface area contributed by atoms with Gasteiger partial charge in [0.1, 0.15) is 5.75 Å². The van der Waals surface area contributed by atoms with Crippen molar-refractivity contribution in [2.75, 3.05) is 44.5 Å². The largest absolute Gasteiger partial charge is 0.497 e. The molecule has 0 spiro atoms. The van der Waals surface area contributed by atoms with Crippen molar-refractivity contribution in [3.8, 4) is 5.75 Å². The molecule has 0 radical (unpaired) electrons. The van der Waals surface area contributed by atoms with Crippen LogP contribution in [-0.4, -0.2) is 68.1 Å². The van der Waals surface area contributed by atoms with Crippen molar-refractivity contribution in [1.29, 1.82) is 0 Å². The Morgan fingerprint density at radius 3 is 2.66 bits per heavy atom. The summed E-state index contributed by atoms with van der Waals surface area (Å²) in [5.41, 5.74) is 1.52. The van der Waals surface area contributed by atoms with Gasteiger partial charge in [-0.3, -0.25) is 9.59 Å². The molecule has 172 valence electrons. The second kappa shape index (κ2) is 8.77. The molecular formula is C20H25N5O5S2. The molecule has 12 heteroatoms. The zero-order valence-corrected chi connectivity index (χ0v) is 19.7. The van der Waals surface area contributed by atoms with Crippen molar-refractivity contribution >= 4 is 44.2 Å². The highest BCUT2D eigenvalue weighted by Gasteiger charge is 2.36. The minimum atomic E-state index is -3.51. The first-order chi connectivity index (χ1) is 15.2. The Morgan fingerprint density at radius 1 is 1.28 bits per heavy atom. The Hall–Kier alpha value is -2.54. The third kappa shape index (κ3) is 4.35. The number of anilines is 2. The van der Waals surface area contributed by atoms with Gasteiger partial charge >= 0.3 is 0 Å². The van der Waals surface area contributed by atoms with Crippen molar-refractivity contribution in [2.24, 2.45) is 5.92 Å². The van der Waals surface area contributed by atoms with Gasteiger partial charge in [0.2, 0.25) is 11.8 Å². The van der Waals surface area contributed by atoms with Crippen molar-refractivity contribution in [3.05, 3.63) is 34.8 Å². The van der Waals surface area contributed by atoms with Crippen LogP contribution in [0.25, 0.3) is 0 Å². The summed E-state index contributed by atoms with van der Waals surface area (Å²) in [7, 11) is 1.07. The minimum Gasteiger partial charge on any atom is -0.497 e. The van der Waals surface area contributed by atoms with Crippen LogP contribution in [0.2, 0.25) is 0 Å². The normalized spacial score (nSPS) is 19.3. The lowest BCUT2D eigenvalue weighted by Crippen LogP contribution is -2.42. The van der Waals surface area contributed by atoms with E-state index in [4.69, 9.17) is 4.74 Å². The molecule has 0 aliphatic carbocycles. The van der Waals surface area contributed by atoms with Gasteiger partial charge in [-0.25, -0.2) is 4.98 Å². The van der Waals surface area contributed by atoms with E-state index in [1.807, 2.05) is 0 Å². The van der Waals surface area contributed by atoms with E-state index < -0.39 is 16.1 Å². The average molecular weight is 480 g/mol. The fourth-order valence-electron chi connectivity index (χ4n) is 3.76. The summed E-state index contributed by atoms with van der Waals surface area (Å²) in [5, 5.41) is 3.25. The van der Waals surface area contributed by atoms with Crippen molar-refractivity contribution in [2.45, 2.75) is 19.4 Å². The van der Waals surface area contributed by atoms with Gasteiger partial charge in [0.05, 0.1) is 25.3 Å². The van der Waals surface area contributed by atoms with Gasteiger partial charge in [0.15, 0.2) is 5.13 Å². The molecule has 1 N–H and O–H groups in total. The second-order valence-electron chi connectivity index (χ2n) is 7.86. The molecule has 1 saturated heterocycles. The Balaban J connectivity index is 1.41. The lowest BCUT2D eigenvalue weighted by atomic mass is 10.1. The molecule has 0 bridgehead atoms. The minimum absolute atomic E-state index is 0.113. The number of benzene rings is 1. The molecule has 2 aliphatic rings. The number of rotatable bonds is 6. The number of ether oxygens (including phenoxy) is 1. The quantitative estimate of drug-likeness (QED) is 0.669. The van der Waals surface area contributed by atoms with Gasteiger partial charge < -0.3 is 15.0 Å². The third-order valence-corrected chi connectivity index (χ3v) is 8.48. The van der Waals surface area contributed by atoms with Gasteiger partial charge in [-0.05, 0) is 24.3 Å². The number of nitrogens with one attached hydrogen (secondary N) is 1. The maximum Gasteiger partial charge on any atom is 0.281 e. The van der Waals surface area contributed by atoms with E-state index in [1.54, 1.807) is 36.3 Å². The molecule has 32 heavy (non-hydrogen) atoms. The highest BCUT2D eigenvalue weighted by molar-refractivity contribution is 7.86. The van der Waals surface area contributed by atoms with Crippen molar-refractivity contribution in [3.63, 3.8) is 0 Å². The van der Waals surface area contributed by atoms with Crippen LogP contribution in [0, 0.1) is 5.92 Å².